The van der Waals surface area contributed by atoms with Gasteiger partial charge in [0.15, 0.2) is 6.79 Å². The first kappa shape index (κ1) is 10.7. The molecular weight excluding hydrogens is 263 g/mol. The summed E-state index contributed by atoms with van der Waals surface area (Å²) in [4.78, 5) is 8.18. The quantitative estimate of drug-likeness (QED) is 0.495. The second-order valence-corrected chi connectivity index (χ2v) is 3.18. The SMILES string of the molecule is OCON(O)c1cc(Cl)cnc1Br. The summed E-state index contributed by atoms with van der Waals surface area (Å²) < 4.78 is 0.354. The summed E-state index contributed by atoms with van der Waals surface area (Å²) in [5, 5.41) is 18.2. The van der Waals surface area contributed by atoms with Gasteiger partial charge in [0.05, 0.1) is 5.02 Å². The molecule has 0 bridgehead atoms. The lowest BCUT2D eigenvalue weighted by Gasteiger charge is -2.14. The van der Waals surface area contributed by atoms with Crippen molar-refractivity contribution in [3.05, 3.63) is 21.9 Å². The van der Waals surface area contributed by atoms with Gasteiger partial charge in [-0.05, 0) is 22.0 Å². The van der Waals surface area contributed by atoms with Crippen LogP contribution < -0.4 is 5.23 Å². The van der Waals surface area contributed by atoms with Gasteiger partial charge in [0, 0.05) is 6.20 Å². The number of halogens is 2. The predicted octanol–water partition coefficient (Wildman–Crippen LogP) is 1.57. The van der Waals surface area contributed by atoms with E-state index >= 15 is 0 Å². The standard InChI is InChI=1S/C6H6BrClN2O3/c7-6-5(10(12)13-3-11)1-4(8)2-9-6/h1-2,11-12H,3H2. The van der Waals surface area contributed by atoms with Crippen molar-refractivity contribution in [2.45, 2.75) is 0 Å². The van der Waals surface area contributed by atoms with Gasteiger partial charge in [0.25, 0.3) is 0 Å². The molecule has 0 aliphatic carbocycles. The molecule has 5 nitrogen and oxygen atoms in total. The molecule has 1 heterocycles. The summed E-state index contributed by atoms with van der Waals surface area (Å²) in [5.41, 5.74) is 0.210. The van der Waals surface area contributed by atoms with Crippen LogP contribution in [0, 0.1) is 0 Å². The molecule has 1 aromatic rings. The van der Waals surface area contributed by atoms with E-state index in [1.54, 1.807) is 0 Å². The Morgan fingerprint density at radius 2 is 2.38 bits per heavy atom. The Morgan fingerprint density at radius 3 is 3.00 bits per heavy atom. The lowest BCUT2D eigenvalue weighted by Crippen LogP contribution is -2.19. The van der Waals surface area contributed by atoms with E-state index in [0.717, 1.165) is 0 Å². The van der Waals surface area contributed by atoms with Gasteiger partial charge in [-0.1, -0.05) is 11.6 Å². The van der Waals surface area contributed by atoms with E-state index in [1.807, 2.05) is 0 Å². The highest BCUT2D eigenvalue weighted by atomic mass is 79.9. The van der Waals surface area contributed by atoms with Crippen molar-refractivity contribution < 1.29 is 15.2 Å². The second kappa shape index (κ2) is 4.73. The Kier molecular flexibility index (Phi) is 3.89. The zero-order valence-electron chi connectivity index (χ0n) is 6.31. The number of hydrogen-bond acceptors (Lipinski definition) is 5. The summed E-state index contributed by atoms with van der Waals surface area (Å²) in [5.74, 6) is 0. The predicted molar refractivity (Wildman–Crippen MR) is 49.4 cm³/mol. The van der Waals surface area contributed by atoms with Gasteiger partial charge in [0.2, 0.25) is 0 Å². The van der Waals surface area contributed by atoms with Crippen molar-refractivity contribution in [2.24, 2.45) is 0 Å². The van der Waals surface area contributed by atoms with Gasteiger partial charge >= 0.3 is 0 Å². The maximum atomic E-state index is 9.15. The minimum Gasteiger partial charge on any atom is -0.368 e. The zero-order chi connectivity index (χ0) is 9.84. The van der Waals surface area contributed by atoms with E-state index < -0.39 is 6.79 Å². The maximum absolute atomic E-state index is 9.15. The Morgan fingerprint density at radius 1 is 1.69 bits per heavy atom. The van der Waals surface area contributed by atoms with Crippen molar-refractivity contribution >= 4 is 33.2 Å². The van der Waals surface area contributed by atoms with Gasteiger partial charge in [-0.3, -0.25) is 5.21 Å². The lowest BCUT2D eigenvalue weighted by atomic mass is 10.4. The fraction of sp³-hybridized carbons (Fsp3) is 0.167. The van der Waals surface area contributed by atoms with Gasteiger partial charge in [0.1, 0.15) is 10.3 Å². The molecule has 0 aromatic carbocycles. The highest BCUT2D eigenvalue weighted by Gasteiger charge is 2.09. The molecule has 0 aliphatic heterocycles. The number of hydrogen-bond donors (Lipinski definition) is 2. The van der Waals surface area contributed by atoms with E-state index in [4.69, 9.17) is 21.9 Å². The molecule has 7 heteroatoms. The number of aliphatic hydroxyl groups is 1. The first-order valence-corrected chi connectivity index (χ1v) is 4.36. The first-order chi connectivity index (χ1) is 6.15. The summed E-state index contributed by atoms with van der Waals surface area (Å²) in [6.45, 7) is -0.643. The fourth-order valence-corrected chi connectivity index (χ4v) is 1.19. The number of aromatic nitrogens is 1. The van der Waals surface area contributed by atoms with Crippen LogP contribution in [0.1, 0.15) is 0 Å². The Bertz CT molecular complexity index is 299. The Hall–Kier alpha value is -0.400. The van der Waals surface area contributed by atoms with Gasteiger partial charge < -0.3 is 5.11 Å². The zero-order valence-corrected chi connectivity index (χ0v) is 8.66. The number of anilines is 1. The highest BCUT2D eigenvalue weighted by molar-refractivity contribution is 9.10. The minimum atomic E-state index is -0.643. The van der Waals surface area contributed by atoms with Crippen molar-refractivity contribution in [1.82, 2.24) is 4.98 Å². The maximum Gasteiger partial charge on any atom is 0.173 e. The van der Waals surface area contributed by atoms with Gasteiger partial charge in [-0.25, -0.2) is 9.82 Å². The third-order valence-corrected chi connectivity index (χ3v) is 1.99. The lowest BCUT2D eigenvalue weighted by molar-refractivity contribution is -0.106. The summed E-state index contributed by atoms with van der Waals surface area (Å²) in [6, 6.07) is 1.42. The molecule has 0 aliphatic rings. The van der Waals surface area contributed by atoms with E-state index in [-0.39, 0.29) is 5.69 Å². The first-order valence-electron chi connectivity index (χ1n) is 3.19. The minimum absolute atomic E-state index is 0.210. The van der Waals surface area contributed by atoms with Crippen LogP contribution in [0.4, 0.5) is 5.69 Å². The van der Waals surface area contributed by atoms with Crippen LogP contribution in [-0.2, 0) is 4.84 Å². The molecule has 0 atom stereocenters. The normalized spacial score (nSPS) is 10.2. The topological polar surface area (TPSA) is 65.8 Å². The van der Waals surface area contributed by atoms with E-state index in [1.165, 1.54) is 12.3 Å². The third-order valence-electron chi connectivity index (χ3n) is 1.17. The number of nitrogens with zero attached hydrogens (tertiary/aromatic N) is 2. The van der Waals surface area contributed by atoms with Crippen LogP contribution in [0.3, 0.4) is 0 Å². The average Bonchev–Trinajstić information content (AvgIpc) is 2.09. The number of aliphatic hydroxyl groups excluding tert-OH is 1. The average molecular weight is 269 g/mol. The molecule has 0 saturated carbocycles. The molecule has 0 amide bonds. The van der Waals surface area contributed by atoms with Crippen molar-refractivity contribution in [3.8, 4) is 0 Å². The Balaban J connectivity index is 2.91. The van der Waals surface area contributed by atoms with Crippen molar-refractivity contribution in [1.29, 1.82) is 0 Å². The molecule has 0 saturated heterocycles. The Labute approximate surface area is 87.6 Å². The molecule has 1 rings (SSSR count). The second-order valence-electron chi connectivity index (χ2n) is 1.99. The van der Waals surface area contributed by atoms with E-state index in [2.05, 4.69) is 25.8 Å². The highest BCUT2D eigenvalue weighted by Crippen LogP contribution is 2.25. The van der Waals surface area contributed by atoms with Crippen LogP contribution in [0.25, 0.3) is 0 Å². The molecular formula is C6H6BrClN2O3. The molecule has 72 valence electrons. The third kappa shape index (κ3) is 2.78. The molecule has 0 radical (unpaired) electrons. The molecule has 2 N–H and O–H groups in total. The van der Waals surface area contributed by atoms with E-state index in [0.29, 0.717) is 14.9 Å². The number of pyridine rings is 1. The monoisotopic (exact) mass is 268 g/mol. The largest absolute Gasteiger partial charge is 0.368 e. The fourth-order valence-electron chi connectivity index (χ4n) is 0.670. The molecule has 0 unspecified atom stereocenters. The van der Waals surface area contributed by atoms with Crippen LogP contribution in [-0.4, -0.2) is 22.1 Å². The van der Waals surface area contributed by atoms with Gasteiger partial charge in [-0.2, -0.15) is 0 Å². The molecule has 1 aromatic heterocycles. The van der Waals surface area contributed by atoms with Crippen molar-refractivity contribution in [3.63, 3.8) is 0 Å². The smallest absolute Gasteiger partial charge is 0.173 e. The van der Waals surface area contributed by atoms with Gasteiger partial charge in [-0.15, -0.1) is 5.23 Å². The van der Waals surface area contributed by atoms with Crippen LogP contribution in [0.2, 0.25) is 5.02 Å². The summed E-state index contributed by atoms with van der Waals surface area (Å²) in [7, 11) is 0. The van der Waals surface area contributed by atoms with Crippen LogP contribution >= 0.6 is 27.5 Å². The van der Waals surface area contributed by atoms with Crippen LogP contribution in [0.15, 0.2) is 16.9 Å². The number of rotatable bonds is 3. The molecule has 13 heavy (non-hydrogen) atoms. The summed E-state index contributed by atoms with van der Waals surface area (Å²) in [6.07, 6.45) is 1.40. The van der Waals surface area contributed by atoms with Crippen molar-refractivity contribution in [2.75, 3.05) is 12.0 Å². The van der Waals surface area contributed by atoms with E-state index in [9.17, 15) is 0 Å². The molecule has 0 fully saturated rings. The van der Waals surface area contributed by atoms with Crippen LogP contribution in [0.5, 0.6) is 0 Å². The summed E-state index contributed by atoms with van der Waals surface area (Å²) >= 11 is 8.69. The molecule has 0 spiro atoms.